The zero-order chi connectivity index (χ0) is 29.7. The quantitative estimate of drug-likeness (QED) is 0.259. The van der Waals surface area contributed by atoms with Crippen LogP contribution in [-0.2, 0) is 23.9 Å². The molecule has 0 aromatic heterocycles. The molecule has 1 saturated heterocycles. The fourth-order valence-electron chi connectivity index (χ4n) is 6.75. The van der Waals surface area contributed by atoms with Crippen LogP contribution in [0.3, 0.4) is 0 Å². The molecule has 3 aromatic carbocycles. The lowest BCUT2D eigenvalue weighted by atomic mass is 9.55. The molecular formula is C32H28ClN3O6. The van der Waals surface area contributed by atoms with Gasteiger partial charge in [0.1, 0.15) is 6.04 Å². The number of hydrazine groups is 1. The molecule has 9 nitrogen and oxygen atoms in total. The lowest BCUT2D eigenvalue weighted by molar-refractivity contribution is -0.162. The first-order valence-corrected chi connectivity index (χ1v) is 14.1. The van der Waals surface area contributed by atoms with E-state index in [4.69, 9.17) is 16.3 Å². The Labute approximate surface area is 247 Å². The van der Waals surface area contributed by atoms with Gasteiger partial charge in [0.25, 0.3) is 11.8 Å². The second-order valence-electron chi connectivity index (χ2n) is 11.1. The minimum absolute atomic E-state index is 0.155. The number of carbonyl (C=O) groups excluding carboxylic acids is 5. The molecule has 1 heterocycles. The van der Waals surface area contributed by atoms with Crippen molar-refractivity contribution in [2.24, 2.45) is 17.8 Å². The van der Waals surface area contributed by atoms with Crippen molar-refractivity contribution in [3.63, 3.8) is 0 Å². The minimum Gasteiger partial charge on any atom is -0.454 e. The summed E-state index contributed by atoms with van der Waals surface area (Å²) in [7, 11) is 0. The molecule has 3 aromatic rings. The van der Waals surface area contributed by atoms with Crippen LogP contribution in [0.4, 0.5) is 0 Å². The SMILES string of the molecule is CC(C)[C@H](C(=O)OCC(=O)NNC(=O)c1ccccc1Cl)N1C(=O)[C@H]2C3c4ccccc4C(c4ccccc43)[C@@H]2C1=O. The Morgan fingerprint density at radius 3 is 1.74 bits per heavy atom. The molecule has 214 valence electrons. The lowest BCUT2D eigenvalue weighted by Gasteiger charge is -2.45. The molecular weight excluding hydrogens is 558 g/mol. The molecule has 1 aliphatic heterocycles. The number of ether oxygens (including phenoxy) is 1. The van der Waals surface area contributed by atoms with Crippen molar-refractivity contribution in [2.45, 2.75) is 31.7 Å². The maximum atomic E-state index is 14.0. The van der Waals surface area contributed by atoms with Gasteiger partial charge in [-0.3, -0.25) is 34.9 Å². The molecule has 10 heteroatoms. The normalized spacial score (nSPS) is 22.2. The van der Waals surface area contributed by atoms with E-state index in [2.05, 4.69) is 10.9 Å². The van der Waals surface area contributed by atoms with Gasteiger partial charge in [0.05, 0.1) is 22.4 Å². The van der Waals surface area contributed by atoms with Gasteiger partial charge in [0.2, 0.25) is 11.8 Å². The molecule has 1 fully saturated rings. The Kier molecular flexibility index (Phi) is 7.06. The van der Waals surface area contributed by atoms with Gasteiger partial charge in [0.15, 0.2) is 6.61 Å². The van der Waals surface area contributed by atoms with E-state index >= 15 is 0 Å². The summed E-state index contributed by atoms with van der Waals surface area (Å²) >= 11 is 6.00. The molecule has 4 amide bonds. The third kappa shape index (κ3) is 4.36. The molecule has 4 aliphatic rings. The maximum Gasteiger partial charge on any atom is 0.330 e. The third-order valence-corrected chi connectivity index (χ3v) is 8.74. The van der Waals surface area contributed by atoms with Crippen molar-refractivity contribution < 1.29 is 28.7 Å². The molecule has 0 saturated carbocycles. The molecule has 7 rings (SSSR count). The van der Waals surface area contributed by atoms with Crippen molar-refractivity contribution in [3.8, 4) is 0 Å². The first-order chi connectivity index (χ1) is 20.2. The second-order valence-corrected chi connectivity index (χ2v) is 11.5. The summed E-state index contributed by atoms with van der Waals surface area (Å²) in [6, 6.07) is 20.9. The van der Waals surface area contributed by atoms with Crippen LogP contribution >= 0.6 is 11.6 Å². The number of esters is 1. The molecule has 2 N–H and O–H groups in total. The summed E-state index contributed by atoms with van der Waals surface area (Å²) in [5, 5.41) is 0.204. The van der Waals surface area contributed by atoms with Gasteiger partial charge in [-0.05, 0) is 40.3 Å². The Morgan fingerprint density at radius 1 is 0.786 bits per heavy atom. The molecule has 3 atom stereocenters. The first kappa shape index (κ1) is 27.7. The largest absolute Gasteiger partial charge is 0.454 e. The fraction of sp³-hybridized carbons (Fsp3) is 0.281. The number of imide groups is 1. The fourth-order valence-corrected chi connectivity index (χ4v) is 6.97. The van der Waals surface area contributed by atoms with Crippen LogP contribution in [0.2, 0.25) is 5.02 Å². The van der Waals surface area contributed by atoms with Crippen LogP contribution < -0.4 is 10.9 Å². The summed E-state index contributed by atoms with van der Waals surface area (Å²) in [6.07, 6.45) is 0. The monoisotopic (exact) mass is 585 g/mol. The average molecular weight is 586 g/mol. The van der Waals surface area contributed by atoms with E-state index in [9.17, 15) is 24.0 Å². The summed E-state index contributed by atoms with van der Waals surface area (Å²) in [4.78, 5) is 67.2. The van der Waals surface area contributed by atoms with Gasteiger partial charge in [-0.1, -0.05) is 86.1 Å². The Hall–Kier alpha value is -4.50. The van der Waals surface area contributed by atoms with Crippen LogP contribution in [0.25, 0.3) is 0 Å². The van der Waals surface area contributed by atoms with Crippen LogP contribution in [0.15, 0.2) is 72.8 Å². The van der Waals surface area contributed by atoms with Crippen LogP contribution in [0.1, 0.15) is 58.3 Å². The molecule has 0 radical (unpaired) electrons. The predicted octanol–water partition coefficient (Wildman–Crippen LogP) is 3.56. The average Bonchev–Trinajstić information content (AvgIpc) is 3.25. The van der Waals surface area contributed by atoms with E-state index in [1.165, 1.54) is 12.1 Å². The highest BCUT2D eigenvalue weighted by Crippen LogP contribution is 2.61. The highest BCUT2D eigenvalue weighted by molar-refractivity contribution is 6.33. The van der Waals surface area contributed by atoms with Crippen molar-refractivity contribution in [3.05, 3.63) is 106 Å². The van der Waals surface area contributed by atoms with E-state index in [-0.39, 0.29) is 22.4 Å². The Morgan fingerprint density at radius 2 is 1.26 bits per heavy atom. The van der Waals surface area contributed by atoms with Gasteiger partial charge in [-0.15, -0.1) is 0 Å². The predicted molar refractivity (Wildman–Crippen MR) is 152 cm³/mol. The van der Waals surface area contributed by atoms with Crippen molar-refractivity contribution in [1.82, 2.24) is 15.8 Å². The highest BCUT2D eigenvalue weighted by atomic mass is 35.5. The molecule has 0 unspecified atom stereocenters. The van der Waals surface area contributed by atoms with Crippen molar-refractivity contribution >= 4 is 41.2 Å². The van der Waals surface area contributed by atoms with Gasteiger partial charge in [-0.25, -0.2) is 4.79 Å². The molecule has 3 aliphatic carbocycles. The van der Waals surface area contributed by atoms with Gasteiger partial charge in [0, 0.05) is 11.8 Å². The number of carbonyl (C=O) groups is 5. The van der Waals surface area contributed by atoms with E-state index in [1.54, 1.807) is 26.0 Å². The summed E-state index contributed by atoms with van der Waals surface area (Å²) in [5.74, 6) is -5.48. The summed E-state index contributed by atoms with van der Waals surface area (Å²) in [6.45, 7) is 2.71. The Balaban J connectivity index is 1.19. The van der Waals surface area contributed by atoms with Gasteiger partial charge < -0.3 is 4.74 Å². The van der Waals surface area contributed by atoms with E-state index in [1.807, 2.05) is 48.5 Å². The summed E-state index contributed by atoms with van der Waals surface area (Å²) < 4.78 is 5.27. The number of nitrogens with one attached hydrogen (secondary N) is 2. The van der Waals surface area contributed by atoms with Crippen molar-refractivity contribution in [1.29, 1.82) is 0 Å². The number of rotatable bonds is 6. The van der Waals surface area contributed by atoms with Crippen LogP contribution in [0.5, 0.6) is 0 Å². The third-order valence-electron chi connectivity index (χ3n) is 8.41. The maximum absolute atomic E-state index is 14.0. The number of benzene rings is 3. The molecule has 0 spiro atoms. The number of nitrogens with zero attached hydrogens (tertiary/aromatic N) is 1. The van der Waals surface area contributed by atoms with E-state index in [0.717, 1.165) is 27.2 Å². The lowest BCUT2D eigenvalue weighted by Crippen LogP contribution is -2.50. The Bertz CT molecular complexity index is 1520. The van der Waals surface area contributed by atoms with Gasteiger partial charge >= 0.3 is 5.97 Å². The van der Waals surface area contributed by atoms with Crippen molar-refractivity contribution in [2.75, 3.05) is 6.61 Å². The van der Waals surface area contributed by atoms with E-state index in [0.29, 0.717) is 0 Å². The number of hydrogen-bond acceptors (Lipinski definition) is 6. The van der Waals surface area contributed by atoms with E-state index < -0.39 is 60.0 Å². The molecule has 42 heavy (non-hydrogen) atoms. The molecule has 2 bridgehead atoms. The summed E-state index contributed by atoms with van der Waals surface area (Å²) in [5.41, 5.74) is 8.68. The highest BCUT2D eigenvalue weighted by Gasteiger charge is 2.63. The van der Waals surface area contributed by atoms with Gasteiger partial charge in [-0.2, -0.15) is 0 Å². The van der Waals surface area contributed by atoms with Crippen LogP contribution in [-0.4, -0.2) is 47.1 Å². The standard InChI is InChI=1S/C32H28ClN3O6/c1-16(2)28(32(41)42-15-23(37)34-35-29(38)21-13-7-8-14-22(21)33)36-30(39)26-24-17-9-3-4-10-18(17)25(27(26)31(36)40)20-12-6-5-11-19(20)24/h3-14,16,24-28H,15H2,1-2H3,(H,34,37)(H,35,38)/t24?,25?,26-,27-,28+/m0/s1. The number of hydrogen-bond donors (Lipinski definition) is 2. The minimum atomic E-state index is -1.22. The van der Waals surface area contributed by atoms with Crippen LogP contribution in [0, 0.1) is 17.8 Å². The zero-order valence-corrected chi connectivity index (χ0v) is 23.6. The number of likely N-dealkylation sites (tertiary alicyclic amines) is 1. The number of halogens is 1. The topological polar surface area (TPSA) is 122 Å². The first-order valence-electron chi connectivity index (χ1n) is 13.8. The zero-order valence-electron chi connectivity index (χ0n) is 22.9. The smallest absolute Gasteiger partial charge is 0.330 e. The number of amides is 4. The second kappa shape index (κ2) is 10.7.